The van der Waals surface area contributed by atoms with Gasteiger partial charge in [0.1, 0.15) is 0 Å². The normalized spacial score (nSPS) is 19.5. The third kappa shape index (κ3) is 4.07. The Kier molecular flexibility index (Phi) is 5.45. The molecule has 1 N–H and O–H groups in total. The number of rotatable bonds is 7. The van der Waals surface area contributed by atoms with Gasteiger partial charge < -0.3 is 5.32 Å². The van der Waals surface area contributed by atoms with E-state index in [1.807, 2.05) is 0 Å². The van der Waals surface area contributed by atoms with Crippen molar-refractivity contribution in [2.24, 2.45) is 5.41 Å². The zero-order chi connectivity index (χ0) is 13.6. The zero-order valence-electron chi connectivity index (χ0n) is 12.6. The van der Waals surface area contributed by atoms with Crippen molar-refractivity contribution < 1.29 is 0 Å². The van der Waals surface area contributed by atoms with E-state index in [0.717, 1.165) is 6.42 Å². The summed E-state index contributed by atoms with van der Waals surface area (Å²) in [6.07, 6.45) is 9.44. The Morgan fingerprint density at radius 2 is 1.79 bits per heavy atom. The van der Waals surface area contributed by atoms with Gasteiger partial charge in [0.15, 0.2) is 0 Å². The Morgan fingerprint density at radius 3 is 2.37 bits per heavy atom. The van der Waals surface area contributed by atoms with Crippen LogP contribution >= 0.6 is 0 Å². The smallest absolute Gasteiger partial charge is 0.0105 e. The minimum atomic E-state index is 0.601. The van der Waals surface area contributed by atoms with Crippen molar-refractivity contribution in [2.45, 2.75) is 64.8 Å². The lowest BCUT2D eigenvalue weighted by Crippen LogP contribution is -2.39. The standard InChI is InChI=1S/C18H29N/c1-3-17(14-16-10-6-5-7-11-16)19-15-18(4-2)12-8-9-13-18/h5-7,10-11,17,19H,3-4,8-9,12-15H2,1-2H3. The van der Waals surface area contributed by atoms with Crippen LogP contribution in [0, 0.1) is 5.41 Å². The van der Waals surface area contributed by atoms with E-state index in [0.29, 0.717) is 11.5 Å². The maximum absolute atomic E-state index is 3.85. The minimum absolute atomic E-state index is 0.601. The van der Waals surface area contributed by atoms with Crippen LogP contribution < -0.4 is 5.32 Å². The van der Waals surface area contributed by atoms with Gasteiger partial charge in [0, 0.05) is 12.6 Å². The topological polar surface area (TPSA) is 12.0 Å². The molecule has 1 aromatic rings. The fourth-order valence-corrected chi connectivity index (χ4v) is 3.40. The van der Waals surface area contributed by atoms with Crippen LogP contribution in [0.4, 0.5) is 0 Å². The third-order valence-corrected chi connectivity index (χ3v) is 5.00. The molecule has 0 radical (unpaired) electrons. The number of hydrogen-bond donors (Lipinski definition) is 1. The Hall–Kier alpha value is -0.820. The molecule has 1 aliphatic carbocycles. The largest absolute Gasteiger partial charge is 0.313 e. The molecular weight excluding hydrogens is 230 g/mol. The highest BCUT2D eigenvalue weighted by molar-refractivity contribution is 5.15. The second-order valence-electron chi connectivity index (χ2n) is 6.24. The molecule has 106 valence electrons. The first kappa shape index (κ1) is 14.6. The van der Waals surface area contributed by atoms with Gasteiger partial charge in [-0.1, -0.05) is 57.0 Å². The molecule has 1 heteroatoms. The molecule has 1 aliphatic rings. The Bertz CT molecular complexity index is 351. The molecular formula is C18H29N. The van der Waals surface area contributed by atoms with E-state index in [1.165, 1.54) is 50.6 Å². The third-order valence-electron chi connectivity index (χ3n) is 5.00. The molecule has 1 saturated carbocycles. The van der Waals surface area contributed by atoms with Crippen LogP contribution in [-0.2, 0) is 6.42 Å². The lowest BCUT2D eigenvalue weighted by atomic mass is 9.83. The summed E-state index contributed by atoms with van der Waals surface area (Å²) in [7, 11) is 0. The van der Waals surface area contributed by atoms with E-state index in [-0.39, 0.29) is 0 Å². The van der Waals surface area contributed by atoms with Crippen molar-refractivity contribution in [1.82, 2.24) is 5.32 Å². The number of benzene rings is 1. The monoisotopic (exact) mass is 259 g/mol. The predicted octanol–water partition coefficient (Wildman–Crippen LogP) is 4.57. The maximum atomic E-state index is 3.85. The van der Waals surface area contributed by atoms with Crippen molar-refractivity contribution in [3.8, 4) is 0 Å². The molecule has 0 saturated heterocycles. The molecule has 1 nitrogen and oxygen atoms in total. The van der Waals surface area contributed by atoms with E-state index in [4.69, 9.17) is 0 Å². The molecule has 1 atom stereocenters. The fraction of sp³-hybridized carbons (Fsp3) is 0.667. The van der Waals surface area contributed by atoms with Crippen LogP contribution in [0.3, 0.4) is 0 Å². The van der Waals surface area contributed by atoms with Gasteiger partial charge in [0.2, 0.25) is 0 Å². The quantitative estimate of drug-likeness (QED) is 0.756. The lowest BCUT2D eigenvalue weighted by Gasteiger charge is -2.30. The molecule has 0 bridgehead atoms. The predicted molar refractivity (Wildman–Crippen MR) is 83.4 cm³/mol. The molecule has 0 aromatic heterocycles. The summed E-state index contributed by atoms with van der Waals surface area (Å²) in [5, 5.41) is 3.85. The van der Waals surface area contributed by atoms with Gasteiger partial charge in [-0.15, -0.1) is 0 Å². The van der Waals surface area contributed by atoms with Gasteiger partial charge in [0.25, 0.3) is 0 Å². The summed E-state index contributed by atoms with van der Waals surface area (Å²) >= 11 is 0. The first-order valence-corrected chi connectivity index (χ1v) is 8.05. The van der Waals surface area contributed by atoms with Crippen molar-refractivity contribution in [3.63, 3.8) is 0 Å². The summed E-state index contributed by atoms with van der Waals surface area (Å²) < 4.78 is 0. The molecule has 0 amide bonds. The first-order chi connectivity index (χ1) is 9.28. The van der Waals surface area contributed by atoms with Gasteiger partial charge >= 0.3 is 0 Å². The van der Waals surface area contributed by atoms with E-state index in [1.54, 1.807) is 0 Å². The van der Waals surface area contributed by atoms with Gasteiger partial charge in [-0.05, 0) is 43.1 Å². The molecule has 1 fully saturated rings. The van der Waals surface area contributed by atoms with Crippen molar-refractivity contribution >= 4 is 0 Å². The lowest BCUT2D eigenvalue weighted by molar-refractivity contribution is 0.253. The van der Waals surface area contributed by atoms with Crippen LogP contribution in [0.15, 0.2) is 30.3 Å². The molecule has 0 heterocycles. The average Bonchev–Trinajstić information content (AvgIpc) is 2.94. The molecule has 1 aromatic carbocycles. The minimum Gasteiger partial charge on any atom is -0.313 e. The highest BCUT2D eigenvalue weighted by Gasteiger charge is 2.31. The summed E-state index contributed by atoms with van der Waals surface area (Å²) in [5.74, 6) is 0. The highest BCUT2D eigenvalue weighted by Crippen LogP contribution is 2.40. The van der Waals surface area contributed by atoms with E-state index in [9.17, 15) is 0 Å². The fourth-order valence-electron chi connectivity index (χ4n) is 3.40. The first-order valence-electron chi connectivity index (χ1n) is 8.05. The molecule has 0 spiro atoms. The van der Waals surface area contributed by atoms with Gasteiger partial charge in [0.05, 0.1) is 0 Å². The molecule has 1 unspecified atom stereocenters. The van der Waals surface area contributed by atoms with E-state index in [2.05, 4.69) is 49.5 Å². The molecule has 0 aliphatic heterocycles. The van der Waals surface area contributed by atoms with Crippen LogP contribution in [0.1, 0.15) is 57.9 Å². The zero-order valence-corrected chi connectivity index (χ0v) is 12.6. The maximum Gasteiger partial charge on any atom is 0.0105 e. The Morgan fingerprint density at radius 1 is 1.11 bits per heavy atom. The van der Waals surface area contributed by atoms with Gasteiger partial charge in [-0.25, -0.2) is 0 Å². The van der Waals surface area contributed by atoms with Crippen LogP contribution in [0.2, 0.25) is 0 Å². The second kappa shape index (κ2) is 7.09. The summed E-state index contributed by atoms with van der Waals surface area (Å²) in [6, 6.07) is 11.5. The highest BCUT2D eigenvalue weighted by atomic mass is 14.9. The second-order valence-corrected chi connectivity index (χ2v) is 6.24. The molecule has 19 heavy (non-hydrogen) atoms. The number of nitrogens with one attached hydrogen (secondary N) is 1. The summed E-state index contributed by atoms with van der Waals surface area (Å²) in [5.41, 5.74) is 2.06. The summed E-state index contributed by atoms with van der Waals surface area (Å²) in [6.45, 7) is 5.88. The summed E-state index contributed by atoms with van der Waals surface area (Å²) in [4.78, 5) is 0. The van der Waals surface area contributed by atoms with Crippen molar-refractivity contribution in [1.29, 1.82) is 0 Å². The van der Waals surface area contributed by atoms with E-state index >= 15 is 0 Å². The SMILES string of the molecule is CCC(Cc1ccccc1)NCC1(CC)CCCC1. The van der Waals surface area contributed by atoms with Crippen LogP contribution in [-0.4, -0.2) is 12.6 Å². The van der Waals surface area contributed by atoms with E-state index < -0.39 is 0 Å². The van der Waals surface area contributed by atoms with Crippen molar-refractivity contribution in [3.05, 3.63) is 35.9 Å². The van der Waals surface area contributed by atoms with Crippen molar-refractivity contribution in [2.75, 3.05) is 6.54 Å². The average molecular weight is 259 g/mol. The van der Waals surface area contributed by atoms with Crippen LogP contribution in [0.25, 0.3) is 0 Å². The molecule has 2 rings (SSSR count). The van der Waals surface area contributed by atoms with Gasteiger partial charge in [-0.2, -0.15) is 0 Å². The van der Waals surface area contributed by atoms with Crippen LogP contribution in [0.5, 0.6) is 0 Å². The Balaban J connectivity index is 1.85. The number of hydrogen-bond acceptors (Lipinski definition) is 1. The Labute approximate surface area is 118 Å². The van der Waals surface area contributed by atoms with Gasteiger partial charge in [-0.3, -0.25) is 0 Å².